The van der Waals surface area contributed by atoms with E-state index < -0.39 is 11.7 Å². The number of methoxy groups -OCH3 is 1. The summed E-state index contributed by atoms with van der Waals surface area (Å²) in [6, 6.07) is 2.21. The Kier molecular flexibility index (Phi) is 11.5. The van der Waals surface area contributed by atoms with E-state index in [0.29, 0.717) is 25.7 Å². The lowest BCUT2D eigenvalue weighted by molar-refractivity contribution is -0.137. The van der Waals surface area contributed by atoms with Crippen LogP contribution >= 0.6 is 24.0 Å². The van der Waals surface area contributed by atoms with Crippen LogP contribution in [-0.4, -0.2) is 50.4 Å². The summed E-state index contributed by atoms with van der Waals surface area (Å²) in [5.74, 6) is 0.745. The number of hydrogen-bond donors (Lipinski definition) is 2. The number of aromatic nitrogens is 1. The van der Waals surface area contributed by atoms with Crippen molar-refractivity contribution in [1.29, 1.82) is 0 Å². The molecule has 0 aliphatic carbocycles. The van der Waals surface area contributed by atoms with Crippen LogP contribution in [0.4, 0.5) is 13.2 Å². The Morgan fingerprint density at radius 2 is 2.08 bits per heavy atom. The van der Waals surface area contributed by atoms with Crippen molar-refractivity contribution >= 4 is 29.9 Å². The van der Waals surface area contributed by atoms with Crippen molar-refractivity contribution in [2.24, 2.45) is 4.99 Å². The van der Waals surface area contributed by atoms with Gasteiger partial charge in [0.25, 0.3) is 0 Å². The van der Waals surface area contributed by atoms with Crippen LogP contribution in [0.15, 0.2) is 23.3 Å². The standard InChI is InChI=1S/C15H23F3N4O2.HI/c1-4-19-14(22-11(2)10-23-3)20-7-8-24-13-6-5-12(9-21-13)15(16,17)18;/h5-6,9,11H,4,7-8,10H2,1-3H3,(H2,19,20,22);1H. The molecule has 0 saturated heterocycles. The molecule has 1 aromatic rings. The molecule has 0 fully saturated rings. The molecule has 1 aromatic heterocycles. The Hall–Kier alpha value is -1.30. The molecular weight excluding hydrogens is 452 g/mol. The average molecular weight is 476 g/mol. The quantitative estimate of drug-likeness (QED) is 0.262. The fraction of sp³-hybridized carbons (Fsp3) is 0.600. The fourth-order valence-electron chi connectivity index (χ4n) is 1.79. The number of pyridine rings is 1. The van der Waals surface area contributed by atoms with Crippen molar-refractivity contribution in [3.63, 3.8) is 0 Å². The van der Waals surface area contributed by atoms with E-state index in [4.69, 9.17) is 9.47 Å². The molecule has 0 spiro atoms. The molecule has 2 N–H and O–H groups in total. The first-order valence-electron chi connectivity index (χ1n) is 7.56. The number of rotatable bonds is 8. The molecule has 0 aliphatic heterocycles. The summed E-state index contributed by atoms with van der Waals surface area (Å²) in [5, 5.41) is 6.24. The van der Waals surface area contributed by atoms with Gasteiger partial charge in [0.15, 0.2) is 5.96 Å². The van der Waals surface area contributed by atoms with Gasteiger partial charge in [-0.1, -0.05) is 0 Å². The number of aliphatic imine (C=N–C) groups is 1. The summed E-state index contributed by atoms with van der Waals surface area (Å²) in [5.41, 5.74) is -0.807. The summed E-state index contributed by atoms with van der Waals surface area (Å²) >= 11 is 0. The molecule has 0 aromatic carbocycles. The summed E-state index contributed by atoms with van der Waals surface area (Å²) in [4.78, 5) is 7.95. The van der Waals surface area contributed by atoms with Crippen LogP contribution in [0.1, 0.15) is 19.4 Å². The van der Waals surface area contributed by atoms with Crippen molar-refractivity contribution in [3.8, 4) is 5.88 Å². The van der Waals surface area contributed by atoms with Gasteiger partial charge in [-0.25, -0.2) is 9.98 Å². The highest BCUT2D eigenvalue weighted by molar-refractivity contribution is 14.0. The smallest absolute Gasteiger partial charge is 0.417 e. The zero-order valence-corrected chi connectivity index (χ0v) is 16.7. The third-order valence-corrected chi connectivity index (χ3v) is 2.82. The molecule has 1 heterocycles. The lowest BCUT2D eigenvalue weighted by Crippen LogP contribution is -2.44. The SMILES string of the molecule is CCNC(=NCCOc1ccc(C(F)(F)F)cn1)NC(C)COC.I. The van der Waals surface area contributed by atoms with Crippen molar-refractivity contribution in [2.75, 3.05) is 33.4 Å². The third-order valence-electron chi connectivity index (χ3n) is 2.82. The highest BCUT2D eigenvalue weighted by Crippen LogP contribution is 2.29. The minimum atomic E-state index is -4.40. The van der Waals surface area contributed by atoms with Crippen LogP contribution in [0.3, 0.4) is 0 Å². The molecule has 1 atom stereocenters. The Morgan fingerprint density at radius 3 is 2.60 bits per heavy atom. The van der Waals surface area contributed by atoms with Crippen molar-refractivity contribution in [2.45, 2.75) is 26.1 Å². The van der Waals surface area contributed by atoms with Crippen LogP contribution in [0.25, 0.3) is 0 Å². The molecule has 0 radical (unpaired) electrons. The van der Waals surface area contributed by atoms with Crippen LogP contribution in [-0.2, 0) is 10.9 Å². The second-order valence-electron chi connectivity index (χ2n) is 4.99. The second-order valence-corrected chi connectivity index (χ2v) is 4.99. The van der Waals surface area contributed by atoms with E-state index in [0.717, 1.165) is 12.3 Å². The number of ether oxygens (including phenoxy) is 2. The van der Waals surface area contributed by atoms with Gasteiger partial charge in [0.05, 0.1) is 18.7 Å². The van der Waals surface area contributed by atoms with Crippen LogP contribution < -0.4 is 15.4 Å². The van der Waals surface area contributed by atoms with Crippen LogP contribution in [0, 0.1) is 0 Å². The fourth-order valence-corrected chi connectivity index (χ4v) is 1.79. The number of hydrogen-bond acceptors (Lipinski definition) is 4. The summed E-state index contributed by atoms with van der Waals surface area (Å²) in [6.45, 7) is 5.67. The number of alkyl halides is 3. The Morgan fingerprint density at radius 1 is 1.36 bits per heavy atom. The molecule has 25 heavy (non-hydrogen) atoms. The highest BCUT2D eigenvalue weighted by Gasteiger charge is 2.30. The molecule has 6 nitrogen and oxygen atoms in total. The summed E-state index contributed by atoms with van der Waals surface area (Å²) in [6.07, 6.45) is -3.65. The minimum absolute atomic E-state index is 0. The van der Waals surface area contributed by atoms with Crippen LogP contribution in [0.5, 0.6) is 5.88 Å². The maximum atomic E-state index is 12.4. The number of guanidine groups is 1. The molecule has 1 unspecified atom stereocenters. The van der Waals surface area contributed by atoms with Gasteiger partial charge in [-0.2, -0.15) is 13.2 Å². The maximum Gasteiger partial charge on any atom is 0.417 e. The van der Waals surface area contributed by atoms with Gasteiger partial charge in [0, 0.05) is 32.0 Å². The Bertz CT molecular complexity index is 512. The molecule has 0 bridgehead atoms. The van der Waals surface area contributed by atoms with E-state index in [1.807, 2.05) is 13.8 Å². The van der Waals surface area contributed by atoms with E-state index in [-0.39, 0.29) is 42.5 Å². The lowest BCUT2D eigenvalue weighted by atomic mass is 10.3. The van der Waals surface area contributed by atoms with Gasteiger partial charge in [0.1, 0.15) is 6.61 Å². The molecular formula is C15H24F3IN4O2. The number of nitrogens with zero attached hydrogens (tertiary/aromatic N) is 2. The van der Waals surface area contributed by atoms with Gasteiger partial charge < -0.3 is 20.1 Å². The predicted octanol–water partition coefficient (Wildman–Crippen LogP) is 2.69. The summed E-state index contributed by atoms with van der Waals surface area (Å²) in [7, 11) is 1.62. The Balaban J connectivity index is 0.00000576. The number of nitrogens with one attached hydrogen (secondary N) is 2. The van der Waals surface area contributed by atoms with E-state index >= 15 is 0 Å². The Labute approximate surface area is 162 Å². The van der Waals surface area contributed by atoms with E-state index in [2.05, 4.69) is 20.6 Å². The van der Waals surface area contributed by atoms with E-state index in [1.165, 1.54) is 6.07 Å². The van der Waals surface area contributed by atoms with E-state index in [9.17, 15) is 13.2 Å². The third kappa shape index (κ3) is 9.68. The van der Waals surface area contributed by atoms with Gasteiger partial charge in [0.2, 0.25) is 5.88 Å². The monoisotopic (exact) mass is 476 g/mol. The minimum Gasteiger partial charge on any atom is -0.476 e. The first-order valence-corrected chi connectivity index (χ1v) is 7.56. The van der Waals surface area contributed by atoms with Crippen molar-refractivity contribution in [1.82, 2.24) is 15.6 Å². The van der Waals surface area contributed by atoms with Gasteiger partial charge >= 0.3 is 6.18 Å². The van der Waals surface area contributed by atoms with Crippen molar-refractivity contribution in [3.05, 3.63) is 23.9 Å². The highest BCUT2D eigenvalue weighted by atomic mass is 127. The maximum absolute atomic E-state index is 12.4. The zero-order valence-electron chi connectivity index (χ0n) is 14.4. The average Bonchev–Trinajstić information content (AvgIpc) is 2.51. The lowest BCUT2D eigenvalue weighted by Gasteiger charge is -2.17. The molecule has 144 valence electrons. The topological polar surface area (TPSA) is 67.8 Å². The first kappa shape index (κ1) is 23.7. The largest absolute Gasteiger partial charge is 0.476 e. The van der Waals surface area contributed by atoms with Gasteiger partial charge in [-0.15, -0.1) is 24.0 Å². The molecule has 0 saturated carbocycles. The normalized spacial score (nSPS) is 13.0. The van der Waals surface area contributed by atoms with E-state index in [1.54, 1.807) is 7.11 Å². The van der Waals surface area contributed by atoms with Crippen molar-refractivity contribution < 1.29 is 22.6 Å². The van der Waals surface area contributed by atoms with Gasteiger partial charge in [-0.3, -0.25) is 0 Å². The summed E-state index contributed by atoms with van der Waals surface area (Å²) < 4.78 is 47.6. The predicted molar refractivity (Wildman–Crippen MR) is 101 cm³/mol. The molecule has 0 amide bonds. The number of halogens is 4. The first-order chi connectivity index (χ1) is 11.4. The molecule has 0 aliphatic rings. The molecule has 1 rings (SSSR count). The second kappa shape index (κ2) is 12.1. The zero-order chi connectivity index (χ0) is 18.0. The van der Waals surface area contributed by atoms with Gasteiger partial charge in [-0.05, 0) is 19.9 Å². The van der Waals surface area contributed by atoms with Crippen LogP contribution in [0.2, 0.25) is 0 Å². The molecule has 10 heteroatoms.